The average Bonchev–Trinajstić information content (AvgIpc) is 1.74. The van der Waals surface area contributed by atoms with Crippen molar-refractivity contribution in [3.8, 4) is 34.5 Å². The van der Waals surface area contributed by atoms with Crippen LogP contribution in [0.5, 0.6) is 34.5 Å². The Balaban J connectivity index is 0.000000173. The fraction of sp³-hybridized carbons (Fsp3) is 0.414. The minimum atomic E-state index is -0.716. The second-order valence-corrected chi connectivity index (χ2v) is 29.9. The highest BCUT2D eigenvalue weighted by Crippen LogP contribution is 2.31. The Hall–Kier alpha value is -12.5. The number of hydrogen-bond acceptors (Lipinski definition) is 22. The Morgan fingerprint density at radius 3 is 1.15 bits per heavy atom. The summed E-state index contributed by atoms with van der Waals surface area (Å²) in [6.07, 6.45) is 6.80. The van der Waals surface area contributed by atoms with E-state index in [2.05, 4.69) is 120 Å². The van der Waals surface area contributed by atoms with Crippen molar-refractivity contribution in [2.75, 3.05) is 0 Å². The molecule has 32 heteroatoms. The van der Waals surface area contributed by atoms with Gasteiger partial charge in [-0.1, -0.05) is 78.2 Å². The maximum Gasteiger partial charge on any atom is 0.239 e. The number of nitrogens with zero attached hydrogens (tertiary/aromatic N) is 14. The summed E-state index contributed by atoms with van der Waals surface area (Å²) in [5.74, 6) is 12.6. The van der Waals surface area contributed by atoms with Gasteiger partial charge in [-0.2, -0.15) is 35.7 Å². The lowest BCUT2D eigenvalue weighted by Gasteiger charge is -2.28. The number of rotatable bonds is 24. The number of halogens is 3. The molecule has 7 aromatic heterocycles. The van der Waals surface area contributed by atoms with Crippen LogP contribution in [0.1, 0.15) is 220 Å². The first-order valence-corrected chi connectivity index (χ1v) is 39.5. The summed E-state index contributed by atoms with van der Waals surface area (Å²) >= 11 is 0. The number of carbonyl (C=O) groups is 1. The number of H-pyrrole nitrogens is 7. The molecular formula is C87H112F3N21O8. The van der Waals surface area contributed by atoms with E-state index in [9.17, 15) is 18.0 Å². The summed E-state index contributed by atoms with van der Waals surface area (Å²) < 4.78 is 80.1. The van der Waals surface area contributed by atoms with Crippen molar-refractivity contribution in [3.05, 3.63) is 260 Å². The van der Waals surface area contributed by atoms with Crippen LogP contribution in [-0.4, -0.2) is 136 Å². The van der Waals surface area contributed by atoms with E-state index < -0.39 is 11.7 Å². The molecule has 14 rings (SSSR count). The number of hydrogen-bond donors (Lipinski definition) is 7. The van der Waals surface area contributed by atoms with Gasteiger partial charge in [0.15, 0.2) is 64.7 Å². The van der Waals surface area contributed by atoms with Crippen LogP contribution < -0.4 is 28.4 Å². The van der Waals surface area contributed by atoms with Crippen LogP contribution in [0.3, 0.4) is 0 Å². The molecule has 0 saturated heterocycles. The first-order chi connectivity index (χ1) is 56.6. The molecule has 0 bridgehead atoms. The van der Waals surface area contributed by atoms with Gasteiger partial charge in [-0.15, -0.1) is 0 Å². The van der Waals surface area contributed by atoms with E-state index in [1.54, 1.807) is 64.1 Å². The van der Waals surface area contributed by atoms with E-state index in [0.717, 1.165) is 69.6 Å². The maximum atomic E-state index is 13.4. The average molecular weight is 1640 g/mol. The molecule has 1 aliphatic rings. The molecule has 1 fully saturated rings. The normalized spacial score (nSPS) is 14.4. The number of aryl methyl sites for hydroxylation is 12. The van der Waals surface area contributed by atoms with Crippen LogP contribution in [0, 0.1) is 106 Å². The summed E-state index contributed by atoms with van der Waals surface area (Å²) in [6, 6.07) is 37.9. The molecule has 119 heavy (non-hydrogen) atoms. The number of carbonyl (C=O) groups excluding carboxylic acids is 1. The predicted molar refractivity (Wildman–Crippen MR) is 445 cm³/mol. The standard InChI is InChI=1S/2C13H16FN3O.C13H17N3O.C12H14FN3O.C12H13N3O2.C12H21N3O.C12H15N3O/c1-8-5-6-10(7-11(8)14)18-13(3,4)12-15-9(2)16-17-12;1-8-4-5-11(7-12(8)14)18-9(2)6-13-15-10(3)16-17-13;1-9-4-6-12(7-5-9)17-10(2)8-13-14-11(3)15-16-13;1-7-4-5-10(6-11(7)13)17-8(2)12-14-9(3)15-16-12;1-8-3-5-10(6-4-8)17-9(2)11(16)12-13-7-14-15-12;2*1-8-4-6-11(7-5-8)16-9(2)12-13-10(3)14-15-12/h5-7H,1-4H3,(H,15,16,17);4-5,7,9H,6H2,1-3H3,(H,15,16,17);4-7,10H,8H2,1-3H3,(H,14,15,16);4-6,8H,1-3H3,(H,14,15,16);3-7,9H,1-2H3,(H,13,14,15);8-9,11H,4-7H2,1-3H3,(H,13,14,15);4-7,9H,1-3H3,(H,13,14,15)/t;9-;;8-;;;/m.0.0.../s1. The second kappa shape index (κ2) is 44.7. The molecule has 7 heterocycles. The summed E-state index contributed by atoms with van der Waals surface area (Å²) in [7, 11) is 0. The van der Waals surface area contributed by atoms with Gasteiger partial charge in [0.25, 0.3) is 0 Å². The molecule has 6 atom stereocenters. The van der Waals surface area contributed by atoms with Crippen LogP contribution >= 0.6 is 0 Å². The molecule has 29 nitrogen and oxygen atoms in total. The number of ether oxygens (including phenoxy) is 7. The van der Waals surface area contributed by atoms with E-state index in [4.69, 9.17) is 33.2 Å². The molecule has 6 aromatic carbocycles. The molecule has 0 aliphatic heterocycles. The monoisotopic (exact) mass is 1640 g/mol. The first kappa shape index (κ1) is 92.0. The molecule has 0 amide bonds. The van der Waals surface area contributed by atoms with E-state index in [-0.39, 0.29) is 59.6 Å². The Labute approximate surface area is 692 Å². The van der Waals surface area contributed by atoms with Crippen molar-refractivity contribution in [1.82, 2.24) is 106 Å². The lowest BCUT2D eigenvalue weighted by atomic mass is 9.89. The van der Waals surface area contributed by atoms with Gasteiger partial charge in [0.05, 0.1) is 6.10 Å². The van der Waals surface area contributed by atoms with Crippen molar-refractivity contribution in [3.63, 3.8) is 0 Å². The quantitative estimate of drug-likeness (QED) is 0.0276. The van der Waals surface area contributed by atoms with Crippen LogP contribution in [-0.2, 0) is 23.2 Å². The highest BCUT2D eigenvalue weighted by atomic mass is 19.1. The zero-order chi connectivity index (χ0) is 86.5. The third-order valence-electron chi connectivity index (χ3n) is 18.2. The lowest BCUT2D eigenvalue weighted by Crippen LogP contribution is -2.27. The summed E-state index contributed by atoms with van der Waals surface area (Å²) in [4.78, 5) is 41.0. The van der Waals surface area contributed by atoms with Gasteiger partial charge in [0.1, 0.15) is 112 Å². The van der Waals surface area contributed by atoms with Crippen molar-refractivity contribution in [2.45, 2.75) is 232 Å². The molecule has 1 saturated carbocycles. The topological polar surface area (TPSA) is 373 Å². The summed E-state index contributed by atoms with van der Waals surface area (Å²) in [5, 5.41) is 47.3. The molecule has 634 valence electrons. The molecule has 1 aliphatic carbocycles. The van der Waals surface area contributed by atoms with E-state index in [0.29, 0.717) is 81.9 Å². The Morgan fingerprint density at radius 1 is 0.412 bits per heavy atom. The van der Waals surface area contributed by atoms with Gasteiger partial charge in [-0.25, -0.2) is 48.1 Å². The Bertz CT molecular complexity index is 5170. The second-order valence-electron chi connectivity index (χ2n) is 29.9. The molecular weight excluding hydrogens is 1520 g/mol. The largest absolute Gasteiger partial charge is 0.490 e. The lowest BCUT2D eigenvalue weighted by molar-refractivity contribution is -0.0320. The summed E-state index contributed by atoms with van der Waals surface area (Å²) in [6.45, 7) is 39.8. The van der Waals surface area contributed by atoms with Crippen LogP contribution in [0.2, 0.25) is 0 Å². The number of aromatic nitrogens is 21. The zero-order valence-corrected chi connectivity index (χ0v) is 71.7. The number of ketones is 1. The van der Waals surface area contributed by atoms with Crippen LogP contribution in [0.25, 0.3) is 0 Å². The molecule has 0 spiro atoms. The van der Waals surface area contributed by atoms with Gasteiger partial charge in [0, 0.05) is 31.0 Å². The van der Waals surface area contributed by atoms with Gasteiger partial charge in [-0.3, -0.25) is 40.5 Å². The molecule has 13 aromatic rings. The summed E-state index contributed by atoms with van der Waals surface area (Å²) in [5.41, 5.74) is 4.68. The van der Waals surface area contributed by atoms with Crippen LogP contribution in [0.4, 0.5) is 13.2 Å². The molecule has 0 radical (unpaired) electrons. The highest BCUT2D eigenvalue weighted by molar-refractivity contribution is 5.96. The minimum Gasteiger partial charge on any atom is -0.490 e. The van der Waals surface area contributed by atoms with E-state index >= 15 is 0 Å². The Kier molecular flexibility index (Phi) is 34.6. The third kappa shape index (κ3) is 31.2. The molecule has 7 N–H and O–H groups in total. The van der Waals surface area contributed by atoms with Crippen LogP contribution in [0.15, 0.2) is 134 Å². The minimum absolute atomic E-state index is 0.00311. The van der Waals surface area contributed by atoms with Crippen molar-refractivity contribution in [1.29, 1.82) is 0 Å². The zero-order valence-electron chi connectivity index (χ0n) is 71.7. The van der Waals surface area contributed by atoms with E-state index in [1.807, 2.05) is 177 Å². The van der Waals surface area contributed by atoms with Crippen molar-refractivity contribution < 1.29 is 51.1 Å². The fourth-order valence-corrected chi connectivity index (χ4v) is 11.4. The van der Waals surface area contributed by atoms with Crippen molar-refractivity contribution in [2.24, 2.45) is 5.92 Å². The van der Waals surface area contributed by atoms with Crippen molar-refractivity contribution >= 4 is 5.78 Å². The van der Waals surface area contributed by atoms with Gasteiger partial charge in [-0.05, 0) is 241 Å². The fourth-order valence-electron chi connectivity index (χ4n) is 11.4. The number of aromatic amines is 7. The SMILES string of the molecule is Cc1ccc(OC(C)C(=O)c2ncn[nH]2)cc1.Cc1ccc(OC(C)Cc2n[nH]c(C)n2)cc1.Cc1ccc(OC(C)c2n[nH]c(C)n2)cc1.Cc1nc(C(C)(C)Oc2ccc(C)c(F)c2)n[nH]1.Cc1nc(C(C)OC2CCC(C)CC2)n[nH]1.Cc1nc(C[C@H](C)Oc2ccc(C)c(F)c2)n[nH]1.Cc1nc([C@H](C)Oc2ccc(C)c(F)c2)n[nH]1. The van der Waals surface area contributed by atoms with Gasteiger partial charge < -0.3 is 33.2 Å². The highest BCUT2D eigenvalue weighted by Gasteiger charge is 2.29. The Morgan fingerprint density at radius 2 is 0.765 bits per heavy atom. The molecule has 4 unspecified atom stereocenters. The number of Topliss-reactive ketones (excluding diaryl/α,β-unsaturated/α-hetero) is 1. The first-order valence-electron chi connectivity index (χ1n) is 39.5. The predicted octanol–water partition coefficient (Wildman–Crippen LogP) is 17.7. The number of benzene rings is 6. The third-order valence-corrected chi connectivity index (χ3v) is 18.2. The smallest absolute Gasteiger partial charge is 0.239 e. The van der Waals surface area contributed by atoms with E-state index in [1.165, 1.54) is 61.3 Å². The van der Waals surface area contributed by atoms with Gasteiger partial charge in [0.2, 0.25) is 5.78 Å². The van der Waals surface area contributed by atoms with Gasteiger partial charge >= 0.3 is 0 Å². The number of nitrogens with one attached hydrogen (secondary N) is 7. The maximum absolute atomic E-state index is 13.4.